The average Bonchev–Trinajstić information content (AvgIpc) is 2.38. The Hall–Kier alpha value is -1.80. The smallest absolute Gasteiger partial charge is 0.125 e. The second-order valence-corrected chi connectivity index (χ2v) is 4.51. The van der Waals surface area contributed by atoms with Crippen molar-refractivity contribution >= 4 is 0 Å². The maximum absolute atomic E-state index is 10.5. The van der Waals surface area contributed by atoms with Gasteiger partial charge in [0, 0.05) is 5.56 Å². The van der Waals surface area contributed by atoms with E-state index in [1.807, 2.05) is 50.2 Å². The lowest BCUT2D eigenvalue weighted by Gasteiger charge is -2.18. The number of rotatable bonds is 3. The van der Waals surface area contributed by atoms with Crippen LogP contribution in [-0.2, 0) is 0 Å². The second-order valence-electron chi connectivity index (χ2n) is 4.51. The molecule has 18 heavy (non-hydrogen) atoms. The minimum absolute atomic E-state index is 0.651. The van der Waals surface area contributed by atoms with Gasteiger partial charge in [-0.2, -0.15) is 0 Å². The number of aryl methyl sites for hydroxylation is 2. The zero-order valence-corrected chi connectivity index (χ0v) is 11.0. The largest absolute Gasteiger partial charge is 0.496 e. The first kappa shape index (κ1) is 12.7. The third kappa shape index (κ3) is 2.39. The van der Waals surface area contributed by atoms with Crippen LogP contribution in [0.5, 0.6) is 5.75 Å². The SMILES string of the molecule is COc1cc(C)cc(C)c1C(O)c1ccccc1. The van der Waals surface area contributed by atoms with Crippen LogP contribution in [0.1, 0.15) is 28.4 Å². The summed E-state index contributed by atoms with van der Waals surface area (Å²) in [5.74, 6) is 0.740. The summed E-state index contributed by atoms with van der Waals surface area (Å²) >= 11 is 0. The van der Waals surface area contributed by atoms with Gasteiger partial charge in [0.05, 0.1) is 7.11 Å². The first-order valence-corrected chi connectivity index (χ1v) is 6.01. The van der Waals surface area contributed by atoms with Gasteiger partial charge in [-0.05, 0) is 36.6 Å². The highest BCUT2D eigenvalue weighted by Crippen LogP contribution is 2.33. The molecule has 0 radical (unpaired) electrons. The van der Waals surface area contributed by atoms with E-state index in [0.717, 1.165) is 28.0 Å². The van der Waals surface area contributed by atoms with E-state index in [0.29, 0.717) is 0 Å². The highest BCUT2D eigenvalue weighted by Gasteiger charge is 2.18. The normalized spacial score (nSPS) is 12.2. The van der Waals surface area contributed by atoms with Gasteiger partial charge in [-0.3, -0.25) is 0 Å². The molecule has 94 valence electrons. The maximum Gasteiger partial charge on any atom is 0.125 e. The Bertz CT molecular complexity index is 532. The maximum atomic E-state index is 10.5. The summed E-state index contributed by atoms with van der Waals surface area (Å²) in [7, 11) is 1.63. The van der Waals surface area contributed by atoms with Crippen LogP contribution in [0.2, 0.25) is 0 Å². The van der Waals surface area contributed by atoms with Gasteiger partial charge in [-0.15, -0.1) is 0 Å². The number of aliphatic hydroxyl groups is 1. The van der Waals surface area contributed by atoms with Crippen molar-refractivity contribution in [1.29, 1.82) is 0 Å². The molecule has 1 N–H and O–H groups in total. The van der Waals surface area contributed by atoms with Crippen LogP contribution in [0.3, 0.4) is 0 Å². The Balaban J connectivity index is 2.51. The molecule has 0 saturated heterocycles. The molecule has 0 amide bonds. The quantitative estimate of drug-likeness (QED) is 0.894. The molecule has 2 heteroatoms. The van der Waals surface area contributed by atoms with Crippen LogP contribution in [-0.4, -0.2) is 12.2 Å². The molecule has 2 nitrogen and oxygen atoms in total. The van der Waals surface area contributed by atoms with Crippen molar-refractivity contribution in [1.82, 2.24) is 0 Å². The van der Waals surface area contributed by atoms with Crippen molar-refractivity contribution in [3.63, 3.8) is 0 Å². The molecule has 0 aliphatic heterocycles. The van der Waals surface area contributed by atoms with Crippen LogP contribution in [0, 0.1) is 13.8 Å². The molecule has 0 heterocycles. The molecule has 0 spiro atoms. The summed E-state index contributed by atoms with van der Waals surface area (Å²) in [6, 6.07) is 13.6. The van der Waals surface area contributed by atoms with Crippen molar-refractivity contribution in [3.05, 3.63) is 64.7 Å². The first-order valence-electron chi connectivity index (χ1n) is 6.01. The summed E-state index contributed by atoms with van der Waals surface area (Å²) in [5.41, 5.74) is 3.90. The summed E-state index contributed by atoms with van der Waals surface area (Å²) < 4.78 is 5.39. The predicted octanol–water partition coefficient (Wildman–Crippen LogP) is 3.39. The number of hydrogen-bond acceptors (Lipinski definition) is 2. The van der Waals surface area contributed by atoms with Crippen molar-refractivity contribution < 1.29 is 9.84 Å². The number of benzene rings is 2. The third-order valence-electron chi connectivity index (χ3n) is 3.10. The van der Waals surface area contributed by atoms with E-state index in [1.165, 1.54) is 0 Å². The molecule has 0 saturated carbocycles. The Morgan fingerprint density at radius 2 is 1.72 bits per heavy atom. The van der Waals surface area contributed by atoms with Gasteiger partial charge < -0.3 is 9.84 Å². The van der Waals surface area contributed by atoms with Gasteiger partial charge in [-0.25, -0.2) is 0 Å². The van der Waals surface area contributed by atoms with Gasteiger partial charge >= 0.3 is 0 Å². The summed E-state index contributed by atoms with van der Waals surface area (Å²) in [5, 5.41) is 10.5. The lowest BCUT2D eigenvalue weighted by atomic mass is 9.95. The molecule has 2 aromatic carbocycles. The van der Waals surface area contributed by atoms with Crippen molar-refractivity contribution in [2.45, 2.75) is 20.0 Å². The number of ether oxygens (including phenoxy) is 1. The Labute approximate surface area is 108 Å². The first-order chi connectivity index (χ1) is 8.63. The summed E-state index contributed by atoms with van der Waals surface area (Å²) in [4.78, 5) is 0. The van der Waals surface area contributed by atoms with Crippen LogP contribution < -0.4 is 4.74 Å². The van der Waals surface area contributed by atoms with E-state index < -0.39 is 6.10 Å². The monoisotopic (exact) mass is 242 g/mol. The van der Waals surface area contributed by atoms with Crippen LogP contribution in [0.25, 0.3) is 0 Å². The Kier molecular flexibility index (Phi) is 3.68. The van der Waals surface area contributed by atoms with E-state index in [2.05, 4.69) is 6.07 Å². The zero-order chi connectivity index (χ0) is 13.1. The van der Waals surface area contributed by atoms with Crippen LogP contribution in [0.4, 0.5) is 0 Å². The Morgan fingerprint density at radius 1 is 1.06 bits per heavy atom. The highest BCUT2D eigenvalue weighted by molar-refractivity contribution is 5.47. The predicted molar refractivity (Wildman–Crippen MR) is 73.0 cm³/mol. The molecule has 1 atom stereocenters. The third-order valence-corrected chi connectivity index (χ3v) is 3.10. The highest BCUT2D eigenvalue weighted by atomic mass is 16.5. The molecule has 0 bridgehead atoms. The topological polar surface area (TPSA) is 29.5 Å². The van der Waals surface area contributed by atoms with Gasteiger partial charge in [-0.1, -0.05) is 36.4 Å². The lowest BCUT2D eigenvalue weighted by Crippen LogP contribution is -2.05. The Morgan fingerprint density at radius 3 is 2.33 bits per heavy atom. The minimum Gasteiger partial charge on any atom is -0.496 e. The fraction of sp³-hybridized carbons (Fsp3) is 0.250. The van der Waals surface area contributed by atoms with E-state index in [9.17, 15) is 5.11 Å². The molecular formula is C16H18O2. The van der Waals surface area contributed by atoms with Gasteiger partial charge in [0.15, 0.2) is 0 Å². The molecular weight excluding hydrogens is 224 g/mol. The van der Waals surface area contributed by atoms with Gasteiger partial charge in [0.25, 0.3) is 0 Å². The van der Waals surface area contributed by atoms with Crippen molar-refractivity contribution in [2.24, 2.45) is 0 Å². The second kappa shape index (κ2) is 5.23. The van der Waals surface area contributed by atoms with E-state index in [-0.39, 0.29) is 0 Å². The molecule has 1 unspecified atom stereocenters. The average molecular weight is 242 g/mol. The standard InChI is InChI=1S/C16H18O2/c1-11-9-12(2)15(14(10-11)18-3)16(17)13-7-5-4-6-8-13/h4-10,16-17H,1-3H3. The molecule has 0 aromatic heterocycles. The lowest BCUT2D eigenvalue weighted by molar-refractivity contribution is 0.214. The van der Waals surface area contributed by atoms with Crippen molar-refractivity contribution in [2.75, 3.05) is 7.11 Å². The fourth-order valence-electron chi connectivity index (χ4n) is 2.26. The van der Waals surface area contributed by atoms with Gasteiger partial charge in [0.2, 0.25) is 0 Å². The number of hydrogen-bond donors (Lipinski definition) is 1. The number of aliphatic hydroxyl groups excluding tert-OH is 1. The molecule has 0 aliphatic rings. The molecule has 0 aliphatic carbocycles. The molecule has 0 fully saturated rings. The van der Waals surface area contributed by atoms with E-state index in [1.54, 1.807) is 7.11 Å². The molecule has 2 aromatic rings. The van der Waals surface area contributed by atoms with E-state index in [4.69, 9.17) is 4.74 Å². The zero-order valence-electron chi connectivity index (χ0n) is 11.0. The number of methoxy groups -OCH3 is 1. The minimum atomic E-state index is -0.651. The van der Waals surface area contributed by atoms with Crippen LogP contribution >= 0.6 is 0 Å². The van der Waals surface area contributed by atoms with Crippen molar-refractivity contribution in [3.8, 4) is 5.75 Å². The van der Waals surface area contributed by atoms with Crippen LogP contribution in [0.15, 0.2) is 42.5 Å². The summed E-state index contributed by atoms with van der Waals surface area (Å²) in [6.45, 7) is 4.02. The van der Waals surface area contributed by atoms with E-state index >= 15 is 0 Å². The van der Waals surface area contributed by atoms with Gasteiger partial charge in [0.1, 0.15) is 11.9 Å². The fourth-order valence-corrected chi connectivity index (χ4v) is 2.26. The summed E-state index contributed by atoms with van der Waals surface area (Å²) in [6.07, 6.45) is -0.651. The molecule has 2 rings (SSSR count).